The van der Waals surface area contributed by atoms with Crippen molar-refractivity contribution in [2.45, 2.75) is 11.1 Å². The van der Waals surface area contributed by atoms with Gasteiger partial charge >= 0.3 is 0 Å². The first-order valence-electron chi connectivity index (χ1n) is 10.4. The fraction of sp³-hybridized carbons (Fsp3) is 0.280. The van der Waals surface area contributed by atoms with Crippen LogP contribution in [-0.2, 0) is 4.74 Å². The number of morpholine rings is 1. The van der Waals surface area contributed by atoms with E-state index in [1.807, 2.05) is 66.7 Å². The second-order valence-corrected chi connectivity index (χ2v) is 8.47. The predicted octanol–water partition coefficient (Wildman–Crippen LogP) is 4.07. The maximum absolute atomic E-state index is 10.6. The Labute approximate surface area is 187 Å². The highest BCUT2D eigenvalue weighted by Crippen LogP contribution is 2.34. The Bertz CT molecular complexity index is 1030. The molecule has 2 heterocycles. The minimum atomic E-state index is -0.503. The predicted molar refractivity (Wildman–Crippen MR) is 124 cm³/mol. The van der Waals surface area contributed by atoms with Crippen LogP contribution in [0.25, 0.3) is 22.4 Å². The molecule has 5 nitrogen and oxygen atoms in total. The summed E-state index contributed by atoms with van der Waals surface area (Å²) >= 11 is 1.44. The summed E-state index contributed by atoms with van der Waals surface area (Å²) in [7, 11) is 0. The summed E-state index contributed by atoms with van der Waals surface area (Å²) in [5, 5.41) is 21.2. The molecule has 31 heavy (non-hydrogen) atoms. The van der Waals surface area contributed by atoms with Crippen molar-refractivity contribution in [3.05, 3.63) is 72.3 Å². The lowest BCUT2D eigenvalue weighted by Crippen LogP contribution is -2.41. The molecule has 0 saturated carbocycles. The van der Waals surface area contributed by atoms with Gasteiger partial charge in [-0.25, -0.2) is 4.98 Å². The Hall–Kier alpha value is -2.69. The Balaban J connectivity index is 1.63. The first-order valence-corrected chi connectivity index (χ1v) is 11.4. The lowest BCUT2D eigenvalue weighted by atomic mass is 9.99. The van der Waals surface area contributed by atoms with Gasteiger partial charge < -0.3 is 9.84 Å². The van der Waals surface area contributed by atoms with E-state index in [2.05, 4.69) is 11.0 Å². The Morgan fingerprint density at radius 2 is 1.68 bits per heavy atom. The fourth-order valence-electron chi connectivity index (χ4n) is 3.65. The quantitative estimate of drug-likeness (QED) is 0.569. The second-order valence-electron chi connectivity index (χ2n) is 7.46. The third-order valence-electron chi connectivity index (χ3n) is 5.24. The van der Waals surface area contributed by atoms with Crippen molar-refractivity contribution in [3.63, 3.8) is 0 Å². The van der Waals surface area contributed by atoms with Crippen LogP contribution in [0.4, 0.5) is 0 Å². The summed E-state index contributed by atoms with van der Waals surface area (Å²) in [6.07, 6.45) is -0.503. The molecule has 1 aliphatic heterocycles. The van der Waals surface area contributed by atoms with Gasteiger partial charge in [0.1, 0.15) is 11.1 Å². The van der Waals surface area contributed by atoms with Crippen molar-refractivity contribution >= 4 is 11.8 Å². The van der Waals surface area contributed by atoms with E-state index >= 15 is 0 Å². The highest BCUT2D eigenvalue weighted by Gasteiger charge is 2.19. The molecule has 1 fully saturated rings. The van der Waals surface area contributed by atoms with Crippen molar-refractivity contribution < 1.29 is 9.84 Å². The zero-order chi connectivity index (χ0) is 21.5. The Morgan fingerprint density at radius 1 is 1.03 bits per heavy atom. The maximum atomic E-state index is 10.6. The van der Waals surface area contributed by atoms with Gasteiger partial charge in [0, 0.05) is 36.5 Å². The highest BCUT2D eigenvalue weighted by molar-refractivity contribution is 7.99. The smallest absolute Gasteiger partial charge is 0.115 e. The number of thioether (sulfide) groups is 1. The summed E-state index contributed by atoms with van der Waals surface area (Å²) in [5.41, 5.74) is 4.22. The summed E-state index contributed by atoms with van der Waals surface area (Å²) < 4.78 is 5.38. The monoisotopic (exact) mass is 431 g/mol. The molecular weight excluding hydrogens is 406 g/mol. The van der Waals surface area contributed by atoms with E-state index in [0.29, 0.717) is 36.1 Å². The van der Waals surface area contributed by atoms with Crippen LogP contribution in [0, 0.1) is 11.3 Å². The van der Waals surface area contributed by atoms with Gasteiger partial charge in [0.25, 0.3) is 0 Å². The number of aliphatic hydroxyl groups excluding tert-OH is 1. The van der Waals surface area contributed by atoms with Gasteiger partial charge in [-0.3, -0.25) is 4.90 Å². The van der Waals surface area contributed by atoms with Crippen LogP contribution in [0.3, 0.4) is 0 Å². The SMILES string of the molecule is N#Cc1c(-c2ccccc2)cc(-c2ccccc2)nc1SCC(O)CN1CCOCC1. The van der Waals surface area contributed by atoms with E-state index in [0.717, 1.165) is 35.5 Å². The van der Waals surface area contributed by atoms with E-state index in [1.54, 1.807) is 0 Å². The zero-order valence-corrected chi connectivity index (χ0v) is 18.1. The van der Waals surface area contributed by atoms with E-state index < -0.39 is 6.10 Å². The van der Waals surface area contributed by atoms with Gasteiger partial charge in [-0.15, -0.1) is 11.8 Å². The number of hydrogen-bond acceptors (Lipinski definition) is 6. The third kappa shape index (κ3) is 5.52. The number of aromatic nitrogens is 1. The van der Waals surface area contributed by atoms with Crippen molar-refractivity contribution in [3.8, 4) is 28.5 Å². The molecule has 1 atom stereocenters. The summed E-state index contributed by atoms with van der Waals surface area (Å²) in [4.78, 5) is 7.03. The zero-order valence-electron chi connectivity index (χ0n) is 17.3. The number of nitriles is 1. The maximum Gasteiger partial charge on any atom is 0.115 e. The molecular formula is C25H25N3O2S. The van der Waals surface area contributed by atoms with Gasteiger partial charge in [-0.05, 0) is 11.6 Å². The topological polar surface area (TPSA) is 69.4 Å². The molecule has 2 aromatic carbocycles. The molecule has 1 saturated heterocycles. The number of aliphatic hydroxyl groups is 1. The minimum absolute atomic E-state index is 0.478. The number of nitrogens with zero attached hydrogens (tertiary/aromatic N) is 3. The standard InChI is InChI=1S/C25H25N3O2S/c26-16-23-22(19-7-3-1-4-8-19)15-24(20-9-5-2-6-10-20)27-25(23)31-18-21(29)17-28-11-13-30-14-12-28/h1-10,15,21,29H,11-14,17-18H2. The van der Waals surface area contributed by atoms with Crippen LogP contribution in [0.15, 0.2) is 71.8 Å². The first kappa shape index (κ1) is 21.5. The number of β-amino-alcohol motifs (C(OH)–C–C–N with tert-alkyl or cyclic N) is 1. The molecule has 6 heteroatoms. The summed E-state index contributed by atoms with van der Waals surface area (Å²) in [6.45, 7) is 3.69. The molecule has 1 aliphatic rings. The Kier molecular flexibility index (Phi) is 7.34. The second kappa shape index (κ2) is 10.6. The van der Waals surface area contributed by atoms with Crippen LogP contribution in [-0.4, -0.2) is 59.7 Å². The van der Waals surface area contributed by atoms with Crippen molar-refractivity contribution in [2.75, 3.05) is 38.6 Å². The molecule has 4 rings (SSSR count). The molecule has 1 unspecified atom stereocenters. The van der Waals surface area contributed by atoms with Crippen molar-refractivity contribution in [2.24, 2.45) is 0 Å². The molecule has 0 bridgehead atoms. The van der Waals surface area contributed by atoms with Crippen molar-refractivity contribution in [1.29, 1.82) is 5.26 Å². The molecule has 0 spiro atoms. The van der Waals surface area contributed by atoms with E-state index in [9.17, 15) is 10.4 Å². The molecule has 158 valence electrons. The van der Waals surface area contributed by atoms with E-state index in [1.165, 1.54) is 11.8 Å². The fourth-order valence-corrected chi connectivity index (χ4v) is 4.56. The summed E-state index contributed by atoms with van der Waals surface area (Å²) in [5.74, 6) is 0.478. The van der Waals surface area contributed by atoms with Gasteiger partial charge in [0.2, 0.25) is 0 Å². The Morgan fingerprint density at radius 3 is 2.32 bits per heavy atom. The van der Waals surface area contributed by atoms with Crippen LogP contribution in [0.5, 0.6) is 0 Å². The molecule has 0 amide bonds. The molecule has 0 radical (unpaired) electrons. The third-order valence-corrected chi connectivity index (χ3v) is 6.36. The minimum Gasteiger partial charge on any atom is -0.391 e. The van der Waals surface area contributed by atoms with Gasteiger partial charge in [0.05, 0.1) is 30.6 Å². The van der Waals surface area contributed by atoms with E-state index in [4.69, 9.17) is 9.72 Å². The molecule has 1 aromatic heterocycles. The summed E-state index contributed by atoms with van der Waals surface area (Å²) in [6, 6.07) is 24.2. The highest BCUT2D eigenvalue weighted by atomic mass is 32.2. The van der Waals surface area contributed by atoms with E-state index in [-0.39, 0.29) is 0 Å². The molecule has 1 N–H and O–H groups in total. The van der Waals surface area contributed by atoms with Gasteiger partial charge in [-0.1, -0.05) is 60.7 Å². The first-order chi connectivity index (χ1) is 15.2. The van der Waals surface area contributed by atoms with Crippen molar-refractivity contribution in [1.82, 2.24) is 9.88 Å². The molecule has 3 aromatic rings. The lowest BCUT2D eigenvalue weighted by molar-refractivity contribution is 0.0188. The number of benzene rings is 2. The van der Waals surface area contributed by atoms with Gasteiger partial charge in [0.15, 0.2) is 0 Å². The van der Waals surface area contributed by atoms with Crippen LogP contribution in [0.2, 0.25) is 0 Å². The van der Waals surface area contributed by atoms with Gasteiger partial charge in [-0.2, -0.15) is 5.26 Å². The van der Waals surface area contributed by atoms with Crippen LogP contribution >= 0.6 is 11.8 Å². The number of pyridine rings is 1. The van der Waals surface area contributed by atoms with Crippen LogP contribution in [0.1, 0.15) is 5.56 Å². The van der Waals surface area contributed by atoms with Crippen LogP contribution < -0.4 is 0 Å². The number of rotatable bonds is 7. The normalized spacial score (nSPS) is 15.4. The number of hydrogen-bond donors (Lipinski definition) is 1. The number of ether oxygens (including phenoxy) is 1. The molecule has 0 aliphatic carbocycles. The largest absolute Gasteiger partial charge is 0.391 e. The average Bonchev–Trinajstić information content (AvgIpc) is 2.84. The average molecular weight is 432 g/mol. The lowest BCUT2D eigenvalue weighted by Gasteiger charge is -2.28.